The van der Waals surface area contributed by atoms with Crippen LogP contribution >= 0.6 is 0 Å². The van der Waals surface area contributed by atoms with Crippen LogP contribution in [-0.2, 0) is 26.2 Å². The first-order chi connectivity index (χ1) is 18.5. The molecule has 1 heterocycles. The van der Waals surface area contributed by atoms with Crippen LogP contribution in [0.5, 0.6) is 11.5 Å². The SMILES string of the molecule is COc1ccccc1C1/C(=C(\O)c2ccc(OC)c(C(C)(C)C)c2)C(=O)C(=O)N1c1ccc(CC(=O)O)cc1. The molecule has 0 spiro atoms. The number of anilines is 1. The summed E-state index contributed by atoms with van der Waals surface area (Å²) in [6, 6.07) is 17.5. The second kappa shape index (κ2) is 10.6. The zero-order chi connectivity index (χ0) is 28.5. The summed E-state index contributed by atoms with van der Waals surface area (Å²) in [5, 5.41) is 20.7. The number of carbonyl (C=O) groups is 3. The van der Waals surface area contributed by atoms with E-state index in [2.05, 4.69) is 0 Å². The highest BCUT2D eigenvalue weighted by molar-refractivity contribution is 6.51. The van der Waals surface area contributed by atoms with Crippen LogP contribution in [0.3, 0.4) is 0 Å². The third-order valence-corrected chi connectivity index (χ3v) is 6.73. The number of hydrogen-bond donors (Lipinski definition) is 2. The first-order valence-corrected chi connectivity index (χ1v) is 12.4. The van der Waals surface area contributed by atoms with Gasteiger partial charge in [-0.3, -0.25) is 19.3 Å². The molecular weight excluding hydrogens is 498 g/mol. The van der Waals surface area contributed by atoms with E-state index in [1.807, 2.05) is 20.8 Å². The van der Waals surface area contributed by atoms with Gasteiger partial charge < -0.3 is 19.7 Å². The van der Waals surface area contributed by atoms with Crippen LogP contribution in [0.25, 0.3) is 5.76 Å². The minimum Gasteiger partial charge on any atom is -0.507 e. The van der Waals surface area contributed by atoms with Gasteiger partial charge in [0, 0.05) is 22.4 Å². The maximum absolute atomic E-state index is 13.6. The molecule has 3 aromatic carbocycles. The molecule has 1 amide bonds. The summed E-state index contributed by atoms with van der Waals surface area (Å²) in [6.07, 6.45) is -0.178. The summed E-state index contributed by atoms with van der Waals surface area (Å²) in [6.45, 7) is 6.03. The van der Waals surface area contributed by atoms with E-state index in [0.717, 1.165) is 5.56 Å². The van der Waals surface area contributed by atoms with Crippen molar-refractivity contribution in [3.05, 3.63) is 94.6 Å². The lowest BCUT2D eigenvalue weighted by molar-refractivity contribution is -0.136. The number of para-hydroxylation sites is 1. The smallest absolute Gasteiger partial charge is 0.307 e. The van der Waals surface area contributed by atoms with Crippen molar-refractivity contribution >= 4 is 29.1 Å². The van der Waals surface area contributed by atoms with Crippen molar-refractivity contribution in [1.29, 1.82) is 0 Å². The maximum Gasteiger partial charge on any atom is 0.307 e. The lowest BCUT2D eigenvalue weighted by Crippen LogP contribution is -2.29. The molecule has 0 aliphatic carbocycles. The number of aliphatic hydroxyl groups excluding tert-OH is 1. The molecule has 8 nitrogen and oxygen atoms in total. The number of amides is 1. The average molecular weight is 530 g/mol. The topological polar surface area (TPSA) is 113 Å². The number of nitrogens with zero attached hydrogens (tertiary/aromatic N) is 1. The molecule has 4 rings (SSSR count). The summed E-state index contributed by atoms with van der Waals surface area (Å²) >= 11 is 0. The van der Waals surface area contributed by atoms with E-state index in [-0.39, 0.29) is 23.2 Å². The van der Waals surface area contributed by atoms with Crippen molar-refractivity contribution < 1.29 is 34.1 Å². The minimum atomic E-state index is -0.994. The molecule has 1 fully saturated rings. The lowest BCUT2D eigenvalue weighted by Gasteiger charge is -2.27. The number of Topliss-reactive ketones (excluding diaryl/α,β-unsaturated/α-hetero) is 1. The predicted octanol–water partition coefficient (Wildman–Crippen LogP) is 5.25. The first-order valence-electron chi connectivity index (χ1n) is 12.4. The van der Waals surface area contributed by atoms with E-state index in [1.54, 1.807) is 73.8 Å². The van der Waals surface area contributed by atoms with Gasteiger partial charge in [0.2, 0.25) is 0 Å². The van der Waals surface area contributed by atoms with Gasteiger partial charge in [0.05, 0.1) is 32.3 Å². The Balaban J connectivity index is 1.94. The van der Waals surface area contributed by atoms with Crippen molar-refractivity contribution in [2.75, 3.05) is 19.1 Å². The second-order valence-corrected chi connectivity index (χ2v) is 10.3. The van der Waals surface area contributed by atoms with Gasteiger partial charge in [-0.25, -0.2) is 0 Å². The number of aliphatic carboxylic acids is 1. The van der Waals surface area contributed by atoms with E-state index in [1.165, 1.54) is 12.0 Å². The molecule has 39 heavy (non-hydrogen) atoms. The highest BCUT2D eigenvalue weighted by Crippen LogP contribution is 2.45. The number of carboxylic acid groups (broad SMARTS) is 1. The molecule has 1 unspecified atom stereocenters. The molecule has 0 saturated carbocycles. The van der Waals surface area contributed by atoms with E-state index < -0.39 is 23.7 Å². The Labute approximate surface area is 227 Å². The summed E-state index contributed by atoms with van der Waals surface area (Å²) in [7, 11) is 3.06. The molecule has 0 aromatic heterocycles. The number of benzene rings is 3. The van der Waals surface area contributed by atoms with E-state index in [0.29, 0.717) is 33.9 Å². The third-order valence-electron chi connectivity index (χ3n) is 6.73. The number of rotatable bonds is 7. The molecule has 0 bridgehead atoms. The standard InChI is InChI=1S/C31H31NO7/c1-31(2,3)22-17-19(12-15-24(22)39-5)28(35)26-27(21-8-6-7-9-23(21)38-4)32(30(37)29(26)36)20-13-10-18(11-14-20)16-25(33)34/h6-15,17,27,35H,16H2,1-5H3,(H,33,34)/b28-26+. The van der Waals surface area contributed by atoms with Gasteiger partial charge in [-0.05, 0) is 47.4 Å². The molecular formula is C31H31NO7. The first kappa shape index (κ1) is 27.4. The molecule has 2 N–H and O–H groups in total. The Morgan fingerprint density at radius 2 is 1.54 bits per heavy atom. The summed E-state index contributed by atoms with van der Waals surface area (Å²) in [5.74, 6) is -1.88. The van der Waals surface area contributed by atoms with Gasteiger partial charge in [-0.1, -0.05) is 51.1 Å². The van der Waals surface area contributed by atoms with E-state index >= 15 is 0 Å². The molecule has 1 atom stereocenters. The Hall–Kier alpha value is -4.59. The predicted molar refractivity (Wildman–Crippen MR) is 147 cm³/mol. The zero-order valence-electron chi connectivity index (χ0n) is 22.5. The monoisotopic (exact) mass is 529 g/mol. The Morgan fingerprint density at radius 1 is 0.897 bits per heavy atom. The van der Waals surface area contributed by atoms with Crippen molar-refractivity contribution in [2.24, 2.45) is 0 Å². The van der Waals surface area contributed by atoms with Crippen molar-refractivity contribution in [3.63, 3.8) is 0 Å². The van der Waals surface area contributed by atoms with Gasteiger partial charge >= 0.3 is 5.97 Å². The largest absolute Gasteiger partial charge is 0.507 e. The molecule has 202 valence electrons. The highest BCUT2D eigenvalue weighted by atomic mass is 16.5. The molecule has 1 aliphatic heterocycles. The highest BCUT2D eigenvalue weighted by Gasteiger charge is 2.48. The molecule has 1 aliphatic rings. The van der Waals surface area contributed by atoms with Gasteiger partial charge in [0.15, 0.2) is 0 Å². The quantitative estimate of drug-likeness (QED) is 0.244. The maximum atomic E-state index is 13.6. The van der Waals surface area contributed by atoms with Crippen molar-refractivity contribution in [2.45, 2.75) is 38.6 Å². The van der Waals surface area contributed by atoms with E-state index in [9.17, 15) is 19.5 Å². The summed E-state index contributed by atoms with van der Waals surface area (Å²) < 4.78 is 11.1. The summed E-state index contributed by atoms with van der Waals surface area (Å²) in [4.78, 5) is 39.5. The van der Waals surface area contributed by atoms with Gasteiger partial charge in [0.1, 0.15) is 17.3 Å². The fourth-order valence-corrected chi connectivity index (χ4v) is 4.83. The molecule has 1 saturated heterocycles. The van der Waals surface area contributed by atoms with Crippen LogP contribution in [0.4, 0.5) is 5.69 Å². The van der Waals surface area contributed by atoms with Crippen LogP contribution < -0.4 is 14.4 Å². The normalized spacial score (nSPS) is 16.8. The second-order valence-electron chi connectivity index (χ2n) is 10.3. The number of ether oxygens (including phenoxy) is 2. The van der Waals surface area contributed by atoms with Crippen LogP contribution in [0, 0.1) is 0 Å². The Bertz CT molecular complexity index is 1460. The fraction of sp³-hybridized carbons (Fsp3) is 0.258. The van der Waals surface area contributed by atoms with Gasteiger partial charge in [-0.2, -0.15) is 0 Å². The van der Waals surface area contributed by atoms with Crippen LogP contribution in [0.2, 0.25) is 0 Å². The Kier molecular flexibility index (Phi) is 7.49. The zero-order valence-corrected chi connectivity index (χ0v) is 22.5. The number of carboxylic acids is 1. The third kappa shape index (κ3) is 5.23. The number of methoxy groups -OCH3 is 2. The Morgan fingerprint density at radius 3 is 2.13 bits per heavy atom. The van der Waals surface area contributed by atoms with Crippen molar-refractivity contribution in [1.82, 2.24) is 0 Å². The molecule has 3 aromatic rings. The van der Waals surface area contributed by atoms with Crippen LogP contribution in [-0.4, -0.2) is 42.1 Å². The molecule has 0 radical (unpaired) electrons. The molecule has 8 heteroatoms. The van der Waals surface area contributed by atoms with Crippen molar-refractivity contribution in [3.8, 4) is 11.5 Å². The number of hydrogen-bond acceptors (Lipinski definition) is 6. The fourth-order valence-electron chi connectivity index (χ4n) is 4.83. The van der Waals surface area contributed by atoms with E-state index in [4.69, 9.17) is 14.6 Å². The number of carbonyl (C=O) groups excluding carboxylic acids is 2. The van der Waals surface area contributed by atoms with Gasteiger partial charge in [-0.15, -0.1) is 0 Å². The minimum absolute atomic E-state index is 0.0795. The number of ketones is 1. The van der Waals surface area contributed by atoms with Gasteiger partial charge in [0.25, 0.3) is 11.7 Å². The number of aliphatic hydroxyl groups is 1. The van der Waals surface area contributed by atoms with Crippen LogP contribution in [0.1, 0.15) is 49.1 Å². The lowest BCUT2D eigenvalue weighted by atomic mass is 9.84. The van der Waals surface area contributed by atoms with Crippen LogP contribution in [0.15, 0.2) is 72.3 Å². The average Bonchev–Trinajstić information content (AvgIpc) is 3.17. The summed E-state index contributed by atoms with van der Waals surface area (Å²) in [5.41, 5.74) is 2.23.